The maximum absolute atomic E-state index is 13.2. The Hall–Kier alpha value is -2.68. The van der Waals surface area contributed by atoms with Gasteiger partial charge in [0.25, 0.3) is 5.91 Å². The summed E-state index contributed by atoms with van der Waals surface area (Å²) in [4.78, 5) is 15.1. The number of nitriles is 1. The molecule has 0 unspecified atom stereocenters. The van der Waals surface area contributed by atoms with Crippen molar-refractivity contribution >= 4 is 5.91 Å². The molecule has 136 valence electrons. The first-order valence-corrected chi connectivity index (χ1v) is 8.67. The van der Waals surface area contributed by atoms with E-state index in [1.165, 1.54) is 5.56 Å². The Balaban J connectivity index is 2.37. The predicted octanol–water partition coefficient (Wildman–Crippen LogP) is 2.90. The number of benzene rings is 2. The molecule has 2 aromatic rings. The molecule has 5 heteroatoms. The first kappa shape index (κ1) is 19.6. The highest BCUT2D eigenvalue weighted by Gasteiger charge is 2.21. The molecule has 5 nitrogen and oxygen atoms in total. The van der Waals surface area contributed by atoms with Crippen LogP contribution in [0.1, 0.15) is 43.7 Å². The molecule has 0 saturated heterocycles. The maximum atomic E-state index is 13.2. The van der Waals surface area contributed by atoms with Crippen molar-refractivity contribution in [3.8, 4) is 6.07 Å². The van der Waals surface area contributed by atoms with Gasteiger partial charge in [0.15, 0.2) is 0 Å². The summed E-state index contributed by atoms with van der Waals surface area (Å²) < 4.78 is 0. The minimum Gasteiger partial charge on any atom is -0.333 e. The summed E-state index contributed by atoms with van der Waals surface area (Å²) in [5, 5.41) is 9.12. The zero-order chi connectivity index (χ0) is 19.3. The molecular weight excluding hydrogens is 324 g/mol. The topological polar surface area (TPSA) is 82.2 Å². The number of nitrogens with zero attached hydrogens (tertiary/aromatic N) is 2. The van der Waals surface area contributed by atoms with Crippen LogP contribution in [0, 0.1) is 39.0 Å². The van der Waals surface area contributed by atoms with Gasteiger partial charge in [-0.25, -0.2) is 0 Å². The van der Waals surface area contributed by atoms with E-state index in [-0.39, 0.29) is 5.91 Å². The number of hydrogen-bond donors (Lipinski definition) is 2. The van der Waals surface area contributed by atoms with E-state index in [9.17, 15) is 4.79 Å². The van der Waals surface area contributed by atoms with Gasteiger partial charge in [0.2, 0.25) is 0 Å². The Morgan fingerprint density at radius 2 is 1.77 bits per heavy atom. The molecule has 0 saturated carbocycles. The molecular formula is C21H26N4O. The third kappa shape index (κ3) is 4.48. The third-order valence-corrected chi connectivity index (χ3v) is 4.55. The monoisotopic (exact) mass is 350 g/mol. The van der Waals surface area contributed by atoms with Crippen LogP contribution in [0.4, 0.5) is 0 Å². The van der Waals surface area contributed by atoms with Crippen LogP contribution in [0.25, 0.3) is 0 Å². The molecule has 0 aliphatic rings. The van der Waals surface area contributed by atoms with Crippen LogP contribution in [0.3, 0.4) is 0 Å². The number of aryl methyl sites for hydroxylation is 4. The number of nitrogens with one attached hydrogen (secondary N) is 1. The number of hydrogen-bond acceptors (Lipinski definition) is 4. The SMILES string of the molecule is Cc1ccc(CN(CCNN)C(=O)c2c(C)cc(C#N)cc2C)c(C)c1. The van der Waals surface area contributed by atoms with Crippen molar-refractivity contribution in [3.63, 3.8) is 0 Å². The van der Waals surface area contributed by atoms with Gasteiger partial charge in [-0.2, -0.15) is 5.26 Å². The van der Waals surface area contributed by atoms with Gasteiger partial charge in [0, 0.05) is 25.2 Å². The Morgan fingerprint density at radius 3 is 2.31 bits per heavy atom. The molecule has 2 aromatic carbocycles. The second kappa shape index (κ2) is 8.61. The van der Waals surface area contributed by atoms with Crippen LogP contribution < -0.4 is 11.3 Å². The zero-order valence-electron chi connectivity index (χ0n) is 15.9. The average Bonchev–Trinajstić information content (AvgIpc) is 2.59. The van der Waals surface area contributed by atoms with Crippen LogP contribution in [0.15, 0.2) is 30.3 Å². The van der Waals surface area contributed by atoms with Gasteiger partial charge in [-0.3, -0.25) is 16.1 Å². The number of amides is 1. The van der Waals surface area contributed by atoms with Crippen LogP contribution >= 0.6 is 0 Å². The summed E-state index contributed by atoms with van der Waals surface area (Å²) in [6, 6.07) is 11.9. The van der Waals surface area contributed by atoms with Crippen molar-refractivity contribution in [2.75, 3.05) is 13.1 Å². The maximum Gasteiger partial charge on any atom is 0.254 e. The first-order valence-electron chi connectivity index (χ1n) is 8.67. The van der Waals surface area contributed by atoms with Crippen molar-refractivity contribution in [2.24, 2.45) is 5.84 Å². The van der Waals surface area contributed by atoms with Crippen molar-refractivity contribution in [1.82, 2.24) is 10.3 Å². The summed E-state index contributed by atoms with van der Waals surface area (Å²) in [6.45, 7) is 9.39. The highest BCUT2D eigenvalue weighted by molar-refractivity contribution is 5.97. The van der Waals surface area contributed by atoms with E-state index in [1.807, 2.05) is 13.8 Å². The van der Waals surface area contributed by atoms with Gasteiger partial charge >= 0.3 is 0 Å². The summed E-state index contributed by atoms with van der Waals surface area (Å²) in [5.74, 6) is 5.39. The molecule has 0 bridgehead atoms. The minimum absolute atomic E-state index is 0.0419. The van der Waals surface area contributed by atoms with Crippen LogP contribution in [0.5, 0.6) is 0 Å². The highest BCUT2D eigenvalue weighted by Crippen LogP contribution is 2.21. The summed E-state index contributed by atoms with van der Waals surface area (Å²) in [6.07, 6.45) is 0. The van der Waals surface area contributed by atoms with E-state index in [0.29, 0.717) is 30.8 Å². The predicted molar refractivity (Wildman–Crippen MR) is 103 cm³/mol. The molecule has 0 atom stereocenters. The first-order chi connectivity index (χ1) is 12.4. The molecule has 3 N–H and O–H groups in total. The molecule has 0 fully saturated rings. The summed E-state index contributed by atoms with van der Waals surface area (Å²) in [5.41, 5.74) is 8.97. The molecule has 26 heavy (non-hydrogen) atoms. The van der Waals surface area contributed by atoms with Crippen molar-refractivity contribution < 1.29 is 4.79 Å². The van der Waals surface area contributed by atoms with E-state index >= 15 is 0 Å². The number of rotatable bonds is 6. The number of nitrogens with two attached hydrogens (primary N) is 1. The zero-order valence-corrected chi connectivity index (χ0v) is 15.9. The van der Waals surface area contributed by atoms with Gasteiger partial charge in [-0.1, -0.05) is 23.8 Å². The van der Waals surface area contributed by atoms with E-state index in [2.05, 4.69) is 43.5 Å². The Labute approximate surface area is 155 Å². The number of hydrazine groups is 1. The van der Waals surface area contributed by atoms with E-state index in [4.69, 9.17) is 11.1 Å². The van der Waals surface area contributed by atoms with Gasteiger partial charge in [0.1, 0.15) is 0 Å². The highest BCUT2D eigenvalue weighted by atomic mass is 16.2. The molecule has 0 spiro atoms. The van der Waals surface area contributed by atoms with E-state index < -0.39 is 0 Å². The molecule has 0 aliphatic heterocycles. The molecule has 0 aliphatic carbocycles. The Kier molecular flexibility index (Phi) is 6.51. The van der Waals surface area contributed by atoms with Gasteiger partial charge in [-0.15, -0.1) is 0 Å². The average molecular weight is 350 g/mol. The molecule has 2 rings (SSSR count). The quantitative estimate of drug-likeness (QED) is 0.620. The van der Waals surface area contributed by atoms with E-state index in [0.717, 1.165) is 22.3 Å². The third-order valence-electron chi connectivity index (χ3n) is 4.55. The number of carbonyl (C=O) groups excluding carboxylic acids is 1. The lowest BCUT2D eigenvalue weighted by atomic mass is 9.98. The van der Waals surface area contributed by atoms with Gasteiger partial charge in [0.05, 0.1) is 11.6 Å². The summed E-state index contributed by atoms with van der Waals surface area (Å²) >= 11 is 0. The number of carbonyl (C=O) groups is 1. The van der Waals surface area contributed by atoms with Crippen LogP contribution in [-0.2, 0) is 6.54 Å². The van der Waals surface area contributed by atoms with Crippen molar-refractivity contribution in [3.05, 3.63) is 69.3 Å². The fourth-order valence-electron chi connectivity index (χ4n) is 3.20. The lowest BCUT2D eigenvalue weighted by molar-refractivity contribution is 0.0743. The van der Waals surface area contributed by atoms with Gasteiger partial charge < -0.3 is 4.90 Å². The van der Waals surface area contributed by atoms with Crippen molar-refractivity contribution in [1.29, 1.82) is 5.26 Å². The second-order valence-corrected chi connectivity index (χ2v) is 6.71. The standard InChI is InChI=1S/C21H26N4O/c1-14-5-6-19(15(2)9-14)13-25(8-7-24-23)21(26)20-16(3)10-18(12-22)11-17(20)4/h5-6,9-11,24H,7-8,13,23H2,1-4H3. The lowest BCUT2D eigenvalue weighted by Crippen LogP contribution is -2.39. The Bertz CT molecular complexity index is 829. The Morgan fingerprint density at radius 1 is 1.12 bits per heavy atom. The lowest BCUT2D eigenvalue weighted by Gasteiger charge is -2.25. The molecule has 0 heterocycles. The normalized spacial score (nSPS) is 10.5. The van der Waals surface area contributed by atoms with Crippen molar-refractivity contribution in [2.45, 2.75) is 34.2 Å². The van der Waals surface area contributed by atoms with E-state index in [1.54, 1.807) is 17.0 Å². The second-order valence-electron chi connectivity index (χ2n) is 6.71. The van der Waals surface area contributed by atoms with Crippen LogP contribution in [-0.4, -0.2) is 23.9 Å². The smallest absolute Gasteiger partial charge is 0.254 e. The fraction of sp³-hybridized carbons (Fsp3) is 0.333. The fourth-order valence-corrected chi connectivity index (χ4v) is 3.20. The molecule has 1 amide bonds. The summed E-state index contributed by atoms with van der Waals surface area (Å²) in [7, 11) is 0. The molecule has 0 radical (unpaired) electrons. The van der Waals surface area contributed by atoms with Gasteiger partial charge in [-0.05, 0) is 62.1 Å². The molecule has 0 aromatic heterocycles. The van der Waals surface area contributed by atoms with Crippen LogP contribution in [0.2, 0.25) is 0 Å². The largest absolute Gasteiger partial charge is 0.333 e. The minimum atomic E-state index is -0.0419.